The summed E-state index contributed by atoms with van der Waals surface area (Å²) in [6.07, 6.45) is 1.50. The number of amides is 1. The van der Waals surface area contributed by atoms with E-state index in [1.54, 1.807) is 17.0 Å². The summed E-state index contributed by atoms with van der Waals surface area (Å²) in [4.78, 5) is 19.2. The summed E-state index contributed by atoms with van der Waals surface area (Å²) in [6.45, 7) is 3.83. The van der Waals surface area contributed by atoms with Crippen LogP contribution >= 0.6 is 23.4 Å². The van der Waals surface area contributed by atoms with Gasteiger partial charge in [0.2, 0.25) is 23.2 Å². The Hall–Kier alpha value is -2.64. The number of fused-ring (bicyclic) bond motifs is 3. The quantitative estimate of drug-likeness (QED) is 0.545. The SMILES string of the molecule is CCC(=O)N1c2ccc(Cl)cc2-c2nnc(SC)nc2O[C@@H]1c1cccc(C)c1. The van der Waals surface area contributed by atoms with Crippen LogP contribution in [-0.2, 0) is 4.79 Å². The highest BCUT2D eigenvalue weighted by atomic mass is 35.5. The van der Waals surface area contributed by atoms with Gasteiger partial charge in [-0.3, -0.25) is 9.69 Å². The summed E-state index contributed by atoms with van der Waals surface area (Å²) in [6, 6.07) is 13.2. The number of rotatable bonds is 3. The molecular weight excluding hydrogens is 408 g/mol. The second kappa shape index (κ2) is 8.00. The van der Waals surface area contributed by atoms with Crippen LogP contribution in [0.4, 0.5) is 5.69 Å². The number of aromatic nitrogens is 3. The van der Waals surface area contributed by atoms with Gasteiger partial charge in [-0.25, -0.2) is 0 Å². The lowest BCUT2D eigenvalue weighted by Crippen LogP contribution is -2.37. The van der Waals surface area contributed by atoms with Crippen LogP contribution in [0.15, 0.2) is 47.6 Å². The summed E-state index contributed by atoms with van der Waals surface area (Å²) in [5, 5.41) is 9.52. The van der Waals surface area contributed by atoms with E-state index in [0.717, 1.165) is 11.1 Å². The number of benzene rings is 2. The molecule has 2 heterocycles. The lowest BCUT2D eigenvalue weighted by atomic mass is 10.1. The third-order valence-electron chi connectivity index (χ3n) is 4.65. The third kappa shape index (κ3) is 3.68. The Bertz CT molecular complexity index is 1090. The minimum atomic E-state index is -0.685. The molecule has 3 aromatic rings. The number of nitrogens with zero attached hydrogens (tertiary/aromatic N) is 4. The van der Waals surface area contributed by atoms with Gasteiger partial charge in [-0.15, -0.1) is 10.2 Å². The first-order valence-corrected chi connectivity index (χ1v) is 10.8. The number of halogens is 1. The van der Waals surface area contributed by atoms with E-state index in [0.29, 0.717) is 39.4 Å². The smallest absolute Gasteiger partial charge is 0.247 e. The highest BCUT2D eigenvalue weighted by Gasteiger charge is 2.35. The third-order valence-corrected chi connectivity index (χ3v) is 5.42. The maximum Gasteiger partial charge on any atom is 0.247 e. The molecule has 4 rings (SSSR count). The molecule has 0 spiro atoms. The summed E-state index contributed by atoms with van der Waals surface area (Å²) in [5.74, 6) is 0.247. The number of aryl methyl sites for hydroxylation is 1. The number of carbonyl (C=O) groups excluding carboxylic acids is 1. The predicted octanol–water partition coefficient (Wildman–Crippen LogP) is 5.06. The molecule has 29 heavy (non-hydrogen) atoms. The molecule has 0 saturated heterocycles. The topological polar surface area (TPSA) is 68.2 Å². The van der Waals surface area contributed by atoms with Crippen LogP contribution in [0.1, 0.15) is 30.7 Å². The van der Waals surface area contributed by atoms with Crippen molar-refractivity contribution in [3.05, 3.63) is 58.6 Å². The van der Waals surface area contributed by atoms with Gasteiger partial charge in [-0.05, 0) is 31.4 Å². The standard InChI is InChI=1S/C21H19ClN4O2S/c1-4-17(27)26-16-9-8-14(22)11-15(16)18-19(23-21(29-3)25-24-18)28-20(26)13-7-5-6-12(2)10-13/h5-11,20H,4H2,1-3H3/t20-/m1/s1. The maximum atomic E-state index is 13.1. The molecule has 1 amide bonds. The van der Waals surface area contributed by atoms with E-state index in [2.05, 4.69) is 15.2 Å². The number of thioether (sulfide) groups is 1. The number of ether oxygens (including phenoxy) is 1. The van der Waals surface area contributed by atoms with Crippen LogP contribution in [0, 0.1) is 6.92 Å². The second-order valence-electron chi connectivity index (χ2n) is 6.62. The first-order chi connectivity index (χ1) is 14.0. The fourth-order valence-electron chi connectivity index (χ4n) is 3.30. The fraction of sp³-hybridized carbons (Fsp3) is 0.238. The highest BCUT2D eigenvalue weighted by molar-refractivity contribution is 7.98. The summed E-state index contributed by atoms with van der Waals surface area (Å²) < 4.78 is 6.33. The molecule has 0 unspecified atom stereocenters. The minimum Gasteiger partial charge on any atom is -0.447 e. The van der Waals surface area contributed by atoms with Crippen LogP contribution in [0.25, 0.3) is 11.3 Å². The first kappa shape index (κ1) is 19.7. The van der Waals surface area contributed by atoms with E-state index >= 15 is 0 Å². The van der Waals surface area contributed by atoms with Crippen LogP contribution < -0.4 is 9.64 Å². The molecular formula is C21H19ClN4O2S. The molecule has 0 fully saturated rings. The normalized spacial score (nSPS) is 15.2. The molecule has 1 aliphatic heterocycles. The average Bonchev–Trinajstić information content (AvgIpc) is 2.87. The van der Waals surface area contributed by atoms with Crippen molar-refractivity contribution in [1.29, 1.82) is 0 Å². The Labute approximate surface area is 178 Å². The van der Waals surface area contributed by atoms with Gasteiger partial charge < -0.3 is 4.74 Å². The van der Waals surface area contributed by atoms with Gasteiger partial charge in [-0.2, -0.15) is 4.98 Å². The number of hydrogen-bond donors (Lipinski definition) is 0. The molecule has 8 heteroatoms. The molecule has 1 aliphatic rings. The Kier molecular flexibility index (Phi) is 5.43. The molecule has 0 N–H and O–H groups in total. The molecule has 0 saturated carbocycles. The Morgan fingerprint density at radius 3 is 2.79 bits per heavy atom. The average molecular weight is 427 g/mol. The molecule has 0 aliphatic carbocycles. The largest absolute Gasteiger partial charge is 0.447 e. The highest BCUT2D eigenvalue weighted by Crippen LogP contribution is 2.44. The minimum absolute atomic E-state index is 0.0778. The number of carbonyl (C=O) groups is 1. The van der Waals surface area contributed by atoms with Crippen molar-refractivity contribution in [3.8, 4) is 17.1 Å². The fourth-order valence-corrected chi connectivity index (χ4v) is 3.77. The van der Waals surface area contributed by atoms with Crippen molar-refractivity contribution in [3.63, 3.8) is 0 Å². The van der Waals surface area contributed by atoms with Gasteiger partial charge in [-0.1, -0.05) is 60.1 Å². The van der Waals surface area contributed by atoms with Gasteiger partial charge in [0.05, 0.1) is 5.69 Å². The van der Waals surface area contributed by atoms with Gasteiger partial charge in [0, 0.05) is 22.6 Å². The number of anilines is 1. The molecule has 1 aromatic heterocycles. The summed E-state index contributed by atoms with van der Waals surface area (Å²) in [5.41, 5.74) is 3.72. The van der Waals surface area contributed by atoms with E-state index in [9.17, 15) is 4.79 Å². The van der Waals surface area contributed by atoms with Crippen molar-refractivity contribution in [2.75, 3.05) is 11.2 Å². The van der Waals surface area contributed by atoms with E-state index in [-0.39, 0.29) is 5.91 Å². The van der Waals surface area contributed by atoms with Gasteiger partial charge in [0.1, 0.15) is 0 Å². The summed E-state index contributed by atoms with van der Waals surface area (Å²) >= 11 is 7.65. The first-order valence-electron chi connectivity index (χ1n) is 9.15. The maximum absolute atomic E-state index is 13.1. The van der Waals surface area contributed by atoms with E-state index in [4.69, 9.17) is 16.3 Å². The number of hydrogen-bond acceptors (Lipinski definition) is 6. The molecule has 1 atom stereocenters. The second-order valence-corrected chi connectivity index (χ2v) is 7.83. The van der Waals surface area contributed by atoms with Crippen LogP contribution in [0.3, 0.4) is 0 Å². The lowest BCUT2D eigenvalue weighted by Gasteiger charge is -2.30. The van der Waals surface area contributed by atoms with Crippen LogP contribution in [-0.4, -0.2) is 27.3 Å². The van der Waals surface area contributed by atoms with Crippen molar-refractivity contribution < 1.29 is 9.53 Å². The van der Waals surface area contributed by atoms with Crippen molar-refractivity contribution in [2.45, 2.75) is 31.7 Å². The molecule has 0 bridgehead atoms. The van der Waals surface area contributed by atoms with Crippen molar-refractivity contribution in [2.24, 2.45) is 0 Å². The Balaban J connectivity index is 2.00. The zero-order valence-electron chi connectivity index (χ0n) is 16.2. The van der Waals surface area contributed by atoms with E-state index < -0.39 is 6.23 Å². The predicted molar refractivity (Wildman–Crippen MR) is 114 cm³/mol. The zero-order chi connectivity index (χ0) is 20.5. The monoisotopic (exact) mass is 426 g/mol. The zero-order valence-corrected chi connectivity index (χ0v) is 17.8. The van der Waals surface area contributed by atoms with Crippen molar-refractivity contribution >= 4 is 35.0 Å². The molecule has 148 valence electrons. The van der Waals surface area contributed by atoms with Gasteiger partial charge in [0.25, 0.3) is 0 Å². The van der Waals surface area contributed by atoms with Gasteiger partial charge in [0.15, 0.2) is 5.69 Å². The lowest BCUT2D eigenvalue weighted by molar-refractivity contribution is -0.120. The Morgan fingerprint density at radius 1 is 1.24 bits per heavy atom. The molecule has 0 radical (unpaired) electrons. The summed E-state index contributed by atoms with van der Waals surface area (Å²) in [7, 11) is 0. The molecule has 2 aromatic carbocycles. The van der Waals surface area contributed by atoms with Crippen LogP contribution in [0.5, 0.6) is 5.88 Å². The van der Waals surface area contributed by atoms with Crippen LogP contribution in [0.2, 0.25) is 5.02 Å². The van der Waals surface area contributed by atoms with Crippen molar-refractivity contribution in [1.82, 2.24) is 15.2 Å². The molecule has 6 nitrogen and oxygen atoms in total. The Morgan fingerprint density at radius 2 is 2.07 bits per heavy atom. The van der Waals surface area contributed by atoms with E-state index in [1.165, 1.54) is 11.8 Å². The van der Waals surface area contributed by atoms with Gasteiger partial charge >= 0.3 is 0 Å². The van der Waals surface area contributed by atoms with E-state index in [1.807, 2.05) is 50.4 Å².